The van der Waals surface area contributed by atoms with E-state index in [1.54, 1.807) is 0 Å². The fourth-order valence-corrected chi connectivity index (χ4v) is 3.76. The zero-order valence-corrected chi connectivity index (χ0v) is 14.7. The molecule has 24 heavy (non-hydrogen) atoms. The quantitative estimate of drug-likeness (QED) is 0.761. The van der Waals surface area contributed by atoms with Gasteiger partial charge in [-0.25, -0.2) is 0 Å². The average Bonchev–Trinajstić information content (AvgIpc) is 3.01. The molecule has 2 aromatic carbocycles. The number of H-pyrrole nitrogens is 1. The number of anilines is 1. The molecule has 0 spiro atoms. The van der Waals surface area contributed by atoms with Gasteiger partial charge in [0.15, 0.2) is 0 Å². The number of benzene rings is 2. The lowest BCUT2D eigenvalue weighted by Crippen LogP contribution is -2.45. The predicted molar refractivity (Wildman–Crippen MR) is 102 cm³/mol. The highest BCUT2D eigenvalue weighted by atomic mass is 35.5. The maximum absolute atomic E-state index is 5.98. The molecular formula is C20H22ClN3. The summed E-state index contributed by atoms with van der Waals surface area (Å²) in [7, 11) is 0. The smallest absolute Gasteiger partial charge is 0.0459 e. The lowest BCUT2D eigenvalue weighted by Gasteiger charge is -2.36. The number of aryl methyl sites for hydroxylation is 1. The number of aromatic nitrogens is 1. The summed E-state index contributed by atoms with van der Waals surface area (Å²) in [5.74, 6) is 0. The molecule has 1 aliphatic rings. The third-order valence-electron chi connectivity index (χ3n) is 4.95. The molecule has 1 aliphatic heterocycles. The SMILES string of the molecule is Cc1cccc2[nH]cc(CN3CCN(c4ccc(Cl)cc4)CC3)c12. The second-order valence-electron chi connectivity index (χ2n) is 6.55. The highest BCUT2D eigenvalue weighted by molar-refractivity contribution is 6.30. The van der Waals surface area contributed by atoms with Crippen molar-refractivity contribution in [1.29, 1.82) is 0 Å². The molecule has 0 atom stereocenters. The van der Waals surface area contributed by atoms with Crippen LogP contribution < -0.4 is 4.90 Å². The number of piperazine rings is 1. The number of hydrogen-bond donors (Lipinski definition) is 1. The first kappa shape index (κ1) is 15.6. The van der Waals surface area contributed by atoms with Gasteiger partial charge >= 0.3 is 0 Å². The Bertz CT molecular complexity index is 830. The van der Waals surface area contributed by atoms with E-state index in [1.165, 1.54) is 27.7 Å². The number of halogens is 1. The van der Waals surface area contributed by atoms with Crippen molar-refractivity contribution < 1.29 is 0 Å². The molecule has 4 heteroatoms. The number of nitrogens with zero attached hydrogens (tertiary/aromatic N) is 2. The molecule has 0 unspecified atom stereocenters. The van der Waals surface area contributed by atoms with Crippen LogP contribution in [0.3, 0.4) is 0 Å². The van der Waals surface area contributed by atoms with Crippen LogP contribution in [-0.4, -0.2) is 36.1 Å². The third kappa shape index (κ3) is 3.02. The first-order valence-corrected chi connectivity index (χ1v) is 8.87. The Kier molecular flexibility index (Phi) is 4.21. The summed E-state index contributed by atoms with van der Waals surface area (Å²) in [5, 5.41) is 2.18. The van der Waals surface area contributed by atoms with Crippen LogP contribution in [0.1, 0.15) is 11.1 Å². The van der Waals surface area contributed by atoms with E-state index in [-0.39, 0.29) is 0 Å². The van der Waals surface area contributed by atoms with E-state index in [2.05, 4.69) is 58.2 Å². The minimum Gasteiger partial charge on any atom is -0.369 e. The molecule has 1 saturated heterocycles. The highest BCUT2D eigenvalue weighted by Crippen LogP contribution is 2.24. The largest absolute Gasteiger partial charge is 0.369 e. The van der Waals surface area contributed by atoms with Gasteiger partial charge in [-0.1, -0.05) is 23.7 Å². The van der Waals surface area contributed by atoms with Gasteiger partial charge in [-0.3, -0.25) is 4.90 Å². The molecule has 1 fully saturated rings. The standard InChI is InChI=1S/C20H22ClN3/c1-15-3-2-4-19-20(15)16(13-22-19)14-23-9-11-24(12-10-23)18-7-5-17(21)6-8-18/h2-8,13,22H,9-12,14H2,1H3. The maximum atomic E-state index is 5.98. The molecule has 0 saturated carbocycles. The van der Waals surface area contributed by atoms with Crippen LogP contribution >= 0.6 is 11.6 Å². The second kappa shape index (κ2) is 6.50. The first-order valence-electron chi connectivity index (χ1n) is 8.49. The Balaban J connectivity index is 1.43. The van der Waals surface area contributed by atoms with Gasteiger partial charge in [0, 0.05) is 60.5 Å². The Morgan fingerprint density at radius 3 is 2.50 bits per heavy atom. The summed E-state index contributed by atoms with van der Waals surface area (Å²) >= 11 is 5.98. The summed E-state index contributed by atoms with van der Waals surface area (Å²) < 4.78 is 0. The van der Waals surface area contributed by atoms with Gasteiger partial charge in [0.2, 0.25) is 0 Å². The Morgan fingerprint density at radius 2 is 1.75 bits per heavy atom. The van der Waals surface area contributed by atoms with Gasteiger partial charge < -0.3 is 9.88 Å². The number of aromatic amines is 1. The van der Waals surface area contributed by atoms with Crippen molar-refractivity contribution in [2.45, 2.75) is 13.5 Å². The minimum atomic E-state index is 0.798. The van der Waals surface area contributed by atoms with Gasteiger partial charge in [0.25, 0.3) is 0 Å². The lowest BCUT2D eigenvalue weighted by atomic mass is 10.1. The topological polar surface area (TPSA) is 22.3 Å². The van der Waals surface area contributed by atoms with E-state index < -0.39 is 0 Å². The van der Waals surface area contributed by atoms with Crippen molar-refractivity contribution in [1.82, 2.24) is 9.88 Å². The molecule has 0 radical (unpaired) electrons. The highest BCUT2D eigenvalue weighted by Gasteiger charge is 2.18. The molecule has 124 valence electrons. The predicted octanol–water partition coefficient (Wildman–Crippen LogP) is 4.45. The molecule has 1 N–H and O–H groups in total. The van der Waals surface area contributed by atoms with Crippen LogP contribution in [-0.2, 0) is 6.54 Å². The Labute approximate surface area is 147 Å². The lowest BCUT2D eigenvalue weighted by molar-refractivity contribution is 0.250. The molecule has 3 nitrogen and oxygen atoms in total. The zero-order valence-electron chi connectivity index (χ0n) is 13.9. The first-order chi connectivity index (χ1) is 11.7. The summed E-state index contributed by atoms with van der Waals surface area (Å²) in [6, 6.07) is 14.6. The van der Waals surface area contributed by atoms with Crippen LogP contribution in [0, 0.1) is 6.92 Å². The van der Waals surface area contributed by atoms with E-state index in [0.717, 1.165) is 37.7 Å². The monoisotopic (exact) mass is 339 g/mol. The van der Waals surface area contributed by atoms with E-state index in [9.17, 15) is 0 Å². The van der Waals surface area contributed by atoms with Crippen molar-refractivity contribution in [2.24, 2.45) is 0 Å². The van der Waals surface area contributed by atoms with Crippen LogP contribution in [0.25, 0.3) is 10.9 Å². The van der Waals surface area contributed by atoms with E-state index in [4.69, 9.17) is 11.6 Å². The molecular weight excluding hydrogens is 318 g/mol. The molecule has 0 aliphatic carbocycles. The van der Waals surface area contributed by atoms with Crippen LogP contribution in [0.4, 0.5) is 5.69 Å². The molecule has 2 heterocycles. The van der Waals surface area contributed by atoms with Crippen molar-refractivity contribution in [3.8, 4) is 0 Å². The van der Waals surface area contributed by atoms with Crippen LogP contribution in [0.5, 0.6) is 0 Å². The fraction of sp³-hybridized carbons (Fsp3) is 0.300. The van der Waals surface area contributed by atoms with Gasteiger partial charge in [0.05, 0.1) is 0 Å². The molecule has 0 amide bonds. The number of fused-ring (bicyclic) bond motifs is 1. The summed E-state index contributed by atoms with van der Waals surface area (Å²) in [5.41, 5.74) is 5.26. The third-order valence-corrected chi connectivity index (χ3v) is 5.21. The zero-order chi connectivity index (χ0) is 16.5. The summed E-state index contributed by atoms with van der Waals surface area (Å²) in [6.07, 6.45) is 2.17. The van der Waals surface area contributed by atoms with E-state index in [0.29, 0.717) is 0 Å². The summed E-state index contributed by atoms with van der Waals surface area (Å²) in [4.78, 5) is 8.39. The number of hydrogen-bond acceptors (Lipinski definition) is 2. The maximum Gasteiger partial charge on any atom is 0.0459 e. The van der Waals surface area contributed by atoms with Crippen molar-refractivity contribution in [2.75, 3.05) is 31.1 Å². The number of rotatable bonds is 3. The summed E-state index contributed by atoms with van der Waals surface area (Å²) in [6.45, 7) is 7.49. The van der Waals surface area contributed by atoms with Crippen molar-refractivity contribution >= 4 is 28.2 Å². The van der Waals surface area contributed by atoms with E-state index >= 15 is 0 Å². The van der Waals surface area contributed by atoms with Crippen LogP contribution in [0.15, 0.2) is 48.7 Å². The average molecular weight is 340 g/mol. The van der Waals surface area contributed by atoms with Gasteiger partial charge in [-0.2, -0.15) is 0 Å². The second-order valence-corrected chi connectivity index (χ2v) is 6.99. The molecule has 3 aromatic rings. The molecule has 1 aromatic heterocycles. The number of nitrogens with one attached hydrogen (secondary N) is 1. The van der Waals surface area contributed by atoms with Crippen molar-refractivity contribution in [3.63, 3.8) is 0 Å². The van der Waals surface area contributed by atoms with Crippen LogP contribution in [0.2, 0.25) is 5.02 Å². The van der Waals surface area contributed by atoms with Gasteiger partial charge in [0.1, 0.15) is 0 Å². The fourth-order valence-electron chi connectivity index (χ4n) is 3.63. The van der Waals surface area contributed by atoms with Gasteiger partial charge in [-0.15, -0.1) is 0 Å². The molecule has 0 bridgehead atoms. The Hall–Kier alpha value is -1.97. The van der Waals surface area contributed by atoms with Crippen molar-refractivity contribution in [3.05, 3.63) is 64.8 Å². The minimum absolute atomic E-state index is 0.798. The van der Waals surface area contributed by atoms with E-state index in [1.807, 2.05) is 12.1 Å². The Morgan fingerprint density at radius 1 is 1.00 bits per heavy atom. The normalized spacial score (nSPS) is 16.0. The van der Waals surface area contributed by atoms with Gasteiger partial charge in [-0.05, 0) is 48.4 Å². The molecule has 4 rings (SSSR count).